The molecule has 0 aromatic carbocycles. The minimum absolute atomic E-state index is 0. The quantitative estimate of drug-likeness (QED) is 0.658. The molecule has 78 valence electrons. The van der Waals surface area contributed by atoms with Crippen LogP contribution in [-0.4, -0.2) is 30.0 Å². The van der Waals surface area contributed by atoms with Crippen LogP contribution in [0.1, 0.15) is 20.3 Å². The second-order valence-corrected chi connectivity index (χ2v) is 4.48. The second kappa shape index (κ2) is 17.2. The van der Waals surface area contributed by atoms with Crippen molar-refractivity contribution in [3.63, 3.8) is 0 Å². The number of rotatable bonds is 4. The van der Waals surface area contributed by atoms with Gasteiger partial charge in [0.25, 0.3) is 0 Å². The molecular weight excluding hydrogens is 172 g/mol. The summed E-state index contributed by atoms with van der Waals surface area (Å²) in [5.74, 6) is 0. The molecule has 0 fully saturated rings. The molecule has 0 aliphatic carbocycles. The van der Waals surface area contributed by atoms with Gasteiger partial charge in [-0.25, -0.2) is 0 Å². The lowest BCUT2D eigenvalue weighted by Gasteiger charge is -2.07. The molecule has 0 rings (SSSR count). The zero-order valence-corrected chi connectivity index (χ0v) is 9.95. The van der Waals surface area contributed by atoms with Crippen LogP contribution in [0.3, 0.4) is 0 Å². The van der Waals surface area contributed by atoms with Crippen LogP contribution < -0.4 is 11.9 Å². The molecule has 0 spiro atoms. The zero-order valence-electron chi connectivity index (χ0n) is 8.80. The summed E-state index contributed by atoms with van der Waals surface area (Å²) in [5.41, 5.74) is 4.85. The average molecular weight is 196 g/mol. The Bertz CT molecular complexity index is 63.4. The van der Waals surface area contributed by atoms with Gasteiger partial charge < -0.3 is 20.7 Å². The van der Waals surface area contributed by atoms with E-state index in [2.05, 4.69) is 6.92 Å². The van der Waals surface area contributed by atoms with Crippen LogP contribution in [0.5, 0.6) is 0 Å². The van der Waals surface area contributed by atoms with Gasteiger partial charge in [-0.2, -0.15) is 0 Å². The van der Waals surface area contributed by atoms with E-state index in [0.717, 1.165) is 12.6 Å². The summed E-state index contributed by atoms with van der Waals surface area (Å²) in [4.78, 5) is 0. The lowest BCUT2D eigenvalue weighted by molar-refractivity contribution is 0.277. The van der Waals surface area contributed by atoms with Gasteiger partial charge in [-0.3, -0.25) is 0 Å². The molecule has 0 atom stereocenters. The Morgan fingerprint density at radius 1 is 1.17 bits per heavy atom. The first-order valence-corrected chi connectivity index (χ1v) is 5.78. The lowest BCUT2D eigenvalue weighted by atomic mass is 10.6. The Labute approximate surface area is 77.9 Å². The summed E-state index contributed by atoms with van der Waals surface area (Å²) in [6, 6.07) is 1.12. The van der Waals surface area contributed by atoms with Crippen molar-refractivity contribution in [1.82, 2.24) is 6.15 Å². The predicted octanol–water partition coefficient (Wildman–Crippen LogP) is 1.04. The van der Waals surface area contributed by atoms with Gasteiger partial charge >= 0.3 is 9.28 Å². The van der Waals surface area contributed by atoms with Crippen molar-refractivity contribution < 1.29 is 8.85 Å². The molecular formula is C7H24N2O2Si. The molecule has 0 heterocycles. The number of hydrogen-bond donors (Lipinski definition) is 2. The highest BCUT2D eigenvalue weighted by atomic mass is 28.3. The Kier molecular flexibility index (Phi) is 25.8. The van der Waals surface area contributed by atoms with Crippen molar-refractivity contribution >= 4 is 9.28 Å². The van der Waals surface area contributed by atoms with E-state index in [9.17, 15) is 0 Å². The van der Waals surface area contributed by atoms with Crippen LogP contribution in [-0.2, 0) is 8.85 Å². The van der Waals surface area contributed by atoms with Crippen molar-refractivity contribution in [3.05, 3.63) is 0 Å². The molecule has 0 aliphatic heterocycles. The van der Waals surface area contributed by atoms with Gasteiger partial charge in [-0.15, -0.1) is 0 Å². The fraction of sp³-hybridized carbons (Fsp3) is 1.00. The van der Waals surface area contributed by atoms with Crippen LogP contribution in [0, 0.1) is 0 Å². The molecule has 5 N–H and O–H groups in total. The SMILES string of the molecule is CCC[SiH](OC)OC.CCN.N. The first kappa shape index (κ1) is 18.0. The summed E-state index contributed by atoms with van der Waals surface area (Å²) >= 11 is 0. The molecule has 12 heavy (non-hydrogen) atoms. The smallest absolute Gasteiger partial charge is 0.320 e. The highest BCUT2D eigenvalue weighted by molar-refractivity contribution is 6.44. The van der Waals surface area contributed by atoms with Gasteiger partial charge in [0.15, 0.2) is 0 Å². The van der Waals surface area contributed by atoms with E-state index in [0.29, 0.717) is 0 Å². The molecule has 5 heteroatoms. The van der Waals surface area contributed by atoms with Crippen molar-refractivity contribution in [2.24, 2.45) is 5.73 Å². The van der Waals surface area contributed by atoms with E-state index < -0.39 is 9.28 Å². The standard InChI is InChI=1S/C5H14O2Si.C2H7N.H3N/c1-4-5-8(6-2)7-3;1-2-3;/h8H,4-5H2,1-3H3;2-3H2,1H3;1H3. The molecule has 0 amide bonds. The molecule has 0 aliphatic rings. The minimum Gasteiger partial charge on any atom is -0.400 e. The topological polar surface area (TPSA) is 79.5 Å². The van der Waals surface area contributed by atoms with E-state index in [4.69, 9.17) is 14.6 Å². The summed E-state index contributed by atoms with van der Waals surface area (Å²) in [7, 11) is 2.24. The third-order valence-corrected chi connectivity index (χ3v) is 3.15. The zero-order chi connectivity index (χ0) is 9.11. The Morgan fingerprint density at radius 2 is 1.50 bits per heavy atom. The molecule has 0 aromatic heterocycles. The third-order valence-electron chi connectivity index (χ3n) is 1.05. The van der Waals surface area contributed by atoms with E-state index in [1.807, 2.05) is 6.92 Å². The van der Waals surface area contributed by atoms with E-state index in [-0.39, 0.29) is 6.15 Å². The maximum Gasteiger partial charge on any atom is 0.320 e. The first-order chi connectivity index (χ1) is 5.26. The third kappa shape index (κ3) is 16.6. The molecule has 0 bridgehead atoms. The Hall–Kier alpha value is 0.0569. The van der Waals surface area contributed by atoms with Gasteiger partial charge in [0.1, 0.15) is 0 Å². The summed E-state index contributed by atoms with van der Waals surface area (Å²) in [6.07, 6.45) is 1.17. The lowest BCUT2D eigenvalue weighted by Crippen LogP contribution is -2.17. The molecule has 0 saturated carbocycles. The highest BCUT2D eigenvalue weighted by Crippen LogP contribution is 1.96. The van der Waals surface area contributed by atoms with Crippen molar-refractivity contribution in [2.45, 2.75) is 26.3 Å². The number of nitrogens with two attached hydrogens (primary N) is 1. The summed E-state index contributed by atoms with van der Waals surface area (Å²) < 4.78 is 10.1. The van der Waals surface area contributed by atoms with Gasteiger partial charge in [0, 0.05) is 14.2 Å². The fourth-order valence-corrected chi connectivity index (χ4v) is 1.70. The first-order valence-electron chi connectivity index (χ1n) is 4.02. The molecule has 0 aromatic rings. The van der Waals surface area contributed by atoms with Gasteiger partial charge in [-0.05, 0) is 12.6 Å². The maximum absolute atomic E-state index is 5.06. The molecule has 4 nitrogen and oxygen atoms in total. The Morgan fingerprint density at radius 3 is 1.58 bits per heavy atom. The predicted molar refractivity (Wildman–Crippen MR) is 56.0 cm³/mol. The average Bonchev–Trinajstić information content (AvgIpc) is 2.02. The van der Waals surface area contributed by atoms with Crippen LogP contribution in [0.4, 0.5) is 0 Å². The monoisotopic (exact) mass is 196 g/mol. The van der Waals surface area contributed by atoms with Crippen molar-refractivity contribution in [2.75, 3.05) is 20.8 Å². The largest absolute Gasteiger partial charge is 0.400 e. The van der Waals surface area contributed by atoms with E-state index in [1.165, 1.54) is 6.42 Å². The highest BCUT2D eigenvalue weighted by Gasteiger charge is 2.05. The minimum atomic E-state index is -1.19. The van der Waals surface area contributed by atoms with Crippen LogP contribution in [0.25, 0.3) is 0 Å². The van der Waals surface area contributed by atoms with Crippen LogP contribution >= 0.6 is 0 Å². The normalized spacial score (nSPS) is 8.50. The number of hydrogen-bond acceptors (Lipinski definition) is 4. The van der Waals surface area contributed by atoms with Gasteiger partial charge in [0.05, 0.1) is 0 Å². The molecule has 0 unspecified atom stereocenters. The van der Waals surface area contributed by atoms with E-state index in [1.54, 1.807) is 14.2 Å². The van der Waals surface area contributed by atoms with Gasteiger partial charge in [-0.1, -0.05) is 20.3 Å². The van der Waals surface area contributed by atoms with Crippen molar-refractivity contribution in [1.29, 1.82) is 0 Å². The van der Waals surface area contributed by atoms with Crippen LogP contribution in [0.15, 0.2) is 0 Å². The second-order valence-electron chi connectivity index (χ2n) is 2.10. The summed E-state index contributed by atoms with van der Waals surface area (Å²) in [5, 5.41) is 0. The van der Waals surface area contributed by atoms with Crippen molar-refractivity contribution in [3.8, 4) is 0 Å². The fourth-order valence-electron chi connectivity index (χ4n) is 0.568. The molecule has 0 saturated heterocycles. The maximum atomic E-state index is 5.06. The Balaban J connectivity index is -0.000000177. The van der Waals surface area contributed by atoms with Crippen LogP contribution in [0.2, 0.25) is 6.04 Å². The molecule has 0 radical (unpaired) electrons. The summed E-state index contributed by atoms with van der Waals surface area (Å²) in [6.45, 7) is 4.79. The van der Waals surface area contributed by atoms with Gasteiger partial charge in [0.2, 0.25) is 0 Å². The van der Waals surface area contributed by atoms with E-state index >= 15 is 0 Å².